The van der Waals surface area contributed by atoms with E-state index < -0.39 is 97.0 Å². The number of halogens is 4. The van der Waals surface area contributed by atoms with E-state index in [1.807, 2.05) is 0 Å². The first-order valence-electron chi connectivity index (χ1n) is 12.8. The number of Topliss-reactive ketones (excluding diaryl/α,β-unsaturated/α-hetero) is 1. The maximum atomic E-state index is 13.7. The van der Waals surface area contributed by atoms with Crippen molar-refractivity contribution in [2.45, 2.75) is 73.1 Å². The third kappa shape index (κ3) is 5.75. The van der Waals surface area contributed by atoms with Gasteiger partial charge in [0.15, 0.2) is 28.2 Å². The first-order chi connectivity index (χ1) is 19.0. The topological polar surface area (TPSA) is 161 Å². The lowest BCUT2D eigenvalue weighted by atomic mass is 9.70. The Balaban J connectivity index is 1.56. The molecule has 2 bridgehead atoms. The Morgan fingerprint density at radius 2 is 1.61 bits per heavy atom. The number of anilines is 1. The summed E-state index contributed by atoms with van der Waals surface area (Å²) in [4.78, 5) is 22.0. The van der Waals surface area contributed by atoms with E-state index in [4.69, 9.17) is 11.6 Å². The van der Waals surface area contributed by atoms with Gasteiger partial charge >= 0.3 is 0 Å². The summed E-state index contributed by atoms with van der Waals surface area (Å²) in [5.41, 5.74) is -2.19. The van der Waals surface area contributed by atoms with Crippen molar-refractivity contribution in [1.82, 2.24) is 0 Å². The number of benzene rings is 2. The molecule has 2 fully saturated rings. The highest BCUT2D eigenvalue weighted by atomic mass is 35.5. The van der Waals surface area contributed by atoms with Crippen molar-refractivity contribution in [1.29, 1.82) is 0 Å². The van der Waals surface area contributed by atoms with Gasteiger partial charge in [-0.15, -0.1) is 0 Å². The summed E-state index contributed by atoms with van der Waals surface area (Å²) < 4.78 is 67.8. The molecule has 2 aliphatic carbocycles. The maximum absolute atomic E-state index is 13.7. The lowest BCUT2D eigenvalue weighted by Crippen LogP contribution is -2.55. The molecule has 3 unspecified atom stereocenters. The predicted molar refractivity (Wildman–Crippen MR) is 140 cm³/mol. The Kier molecular flexibility index (Phi) is 8.63. The first-order valence-corrected chi connectivity index (χ1v) is 14.7. The lowest BCUT2D eigenvalue weighted by molar-refractivity contribution is -0.138. The molecule has 5 N–H and O–H groups in total. The van der Waals surface area contributed by atoms with Crippen LogP contribution in [0.15, 0.2) is 35.2 Å². The maximum Gasteiger partial charge on any atom is 0.255 e. The number of hydrogen-bond donors (Lipinski definition) is 5. The van der Waals surface area contributed by atoms with Crippen LogP contribution in [0.2, 0.25) is 5.02 Å². The van der Waals surface area contributed by atoms with E-state index in [1.165, 1.54) is 6.92 Å². The number of amides is 1. The molecule has 0 radical (unpaired) electrons. The molecule has 9 nitrogen and oxygen atoms in total. The molecule has 0 heterocycles. The Labute approximate surface area is 238 Å². The minimum absolute atomic E-state index is 0.0952. The van der Waals surface area contributed by atoms with Crippen LogP contribution in [0.3, 0.4) is 0 Å². The summed E-state index contributed by atoms with van der Waals surface area (Å²) in [6.07, 6.45) is -3.32. The summed E-state index contributed by atoms with van der Waals surface area (Å²) in [6, 6.07) is 4.25. The Morgan fingerprint density at radius 1 is 1.05 bits per heavy atom. The first kappa shape index (κ1) is 31.4. The molecule has 1 amide bonds. The Hall–Kier alpha value is -2.55. The number of hydrogen-bond acceptors (Lipinski definition) is 8. The summed E-state index contributed by atoms with van der Waals surface area (Å²) >= 11 is 6.18. The van der Waals surface area contributed by atoms with Crippen molar-refractivity contribution in [3.8, 4) is 0 Å². The molecular formula is C27H29ClF3NO8S. The van der Waals surface area contributed by atoms with Crippen LogP contribution >= 0.6 is 11.6 Å². The molecule has 224 valence electrons. The van der Waals surface area contributed by atoms with Crippen molar-refractivity contribution < 1.29 is 51.6 Å². The normalized spacial score (nSPS) is 27.3. The van der Waals surface area contributed by atoms with E-state index in [9.17, 15) is 51.6 Å². The van der Waals surface area contributed by atoms with Crippen molar-refractivity contribution in [2.24, 2.45) is 11.8 Å². The van der Waals surface area contributed by atoms with E-state index in [2.05, 4.69) is 5.32 Å². The fourth-order valence-corrected chi connectivity index (χ4v) is 8.18. The fraction of sp³-hybridized carbons (Fsp3) is 0.481. The second-order valence-corrected chi connectivity index (χ2v) is 13.4. The molecule has 2 aliphatic rings. The highest BCUT2D eigenvalue weighted by molar-refractivity contribution is 7.92. The van der Waals surface area contributed by atoms with Gasteiger partial charge in [0.1, 0.15) is 6.10 Å². The van der Waals surface area contributed by atoms with Gasteiger partial charge in [-0.2, -0.15) is 0 Å². The average molecular weight is 620 g/mol. The average Bonchev–Trinajstić information content (AvgIpc) is 3.06. The quantitative estimate of drug-likeness (QED) is 0.268. The van der Waals surface area contributed by atoms with Crippen molar-refractivity contribution in [3.63, 3.8) is 0 Å². The molecule has 2 saturated carbocycles. The molecule has 41 heavy (non-hydrogen) atoms. The van der Waals surface area contributed by atoms with Crippen LogP contribution in [-0.4, -0.2) is 63.3 Å². The number of carbonyl (C=O) groups is 2. The molecule has 0 aromatic heterocycles. The summed E-state index contributed by atoms with van der Waals surface area (Å²) in [5.74, 6) is -7.91. The smallest absolute Gasteiger partial charge is 0.255 e. The standard InChI is InChI=1S/C27H29ClF3NO8S/c1-13(33)24(35)21(34)6-7-27(38)15-3-4-16(27)12-26(37,11-15)41(39,40)22-8-14(2-5-18(22)28)25(36)32-17-9-19(29)23(31)20(30)10-17/h2,5,8-10,13,15-16,24,33,35,37-38H,3-4,6-7,11-12H2,1H3,(H,32,36)/t13-,15+,16?,24+,26?,27?/m1/s1. The molecule has 4 rings (SSSR count). The molecule has 2 aromatic rings. The molecular weight excluding hydrogens is 591 g/mol. The van der Waals surface area contributed by atoms with E-state index in [-0.39, 0.29) is 23.4 Å². The van der Waals surface area contributed by atoms with Crippen LogP contribution in [0.25, 0.3) is 0 Å². The second kappa shape index (κ2) is 11.3. The van der Waals surface area contributed by atoms with Gasteiger partial charge in [-0.3, -0.25) is 9.59 Å². The molecule has 6 atom stereocenters. The minimum atomic E-state index is -4.65. The highest BCUT2D eigenvalue weighted by Crippen LogP contribution is 2.57. The van der Waals surface area contributed by atoms with Crippen LogP contribution in [0, 0.1) is 29.3 Å². The van der Waals surface area contributed by atoms with E-state index in [1.54, 1.807) is 0 Å². The van der Waals surface area contributed by atoms with E-state index >= 15 is 0 Å². The molecule has 2 aromatic carbocycles. The molecule has 0 aliphatic heterocycles. The van der Waals surface area contributed by atoms with Crippen LogP contribution in [-0.2, 0) is 14.6 Å². The fourth-order valence-electron chi connectivity index (χ4n) is 5.90. The molecule has 0 saturated heterocycles. The van der Waals surface area contributed by atoms with Crippen molar-refractivity contribution in [2.75, 3.05) is 5.32 Å². The SMILES string of the molecule is C[C@@H](O)[C@H](O)C(=O)CCC1(O)C2CC[C@H]1CC(O)(S(=O)(=O)c1cc(C(=O)Nc3cc(F)c(F)c(F)c3)ccc1Cl)C2. The number of aliphatic hydroxyl groups is 4. The van der Waals surface area contributed by atoms with Crippen LogP contribution in [0.1, 0.15) is 55.8 Å². The van der Waals surface area contributed by atoms with E-state index in [0.29, 0.717) is 25.0 Å². The van der Waals surface area contributed by atoms with Gasteiger partial charge in [-0.25, -0.2) is 21.6 Å². The lowest BCUT2D eigenvalue weighted by Gasteiger charge is -2.46. The van der Waals surface area contributed by atoms with E-state index in [0.717, 1.165) is 18.2 Å². The third-order valence-electron chi connectivity index (χ3n) is 8.19. The van der Waals surface area contributed by atoms with Gasteiger partial charge < -0.3 is 25.7 Å². The number of ketones is 1. The number of carbonyl (C=O) groups excluding carboxylic acids is 2. The molecule has 14 heteroatoms. The molecule has 0 spiro atoms. The Morgan fingerprint density at radius 3 is 2.15 bits per heavy atom. The van der Waals surface area contributed by atoms with Gasteiger partial charge in [0.2, 0.25) is 9.84 Å². The zero-order chi connectivity index (χ0) is 30.5. The van der Waals surface area contributed by atoms with Gasteiger partial charge in [0.25, 0.3) is 5.91 Å². The van der Waals surface area contributed by atoms with Crippen LogP contribution in [0.4, 0.5) is 18.9 Å². The monoisotopic (exact) mass is 619 g/mol. The van der Waals surface area contributed by atoms with Gasteiger partial charge in [-0.1, -0.05) is 11.6 Å². The van der Waals surface area contributed by atoms with Crippen molar-refractivity contribution in [3.05, 3.63) is 58.4 Å². The number of nitrogens with one attached hydrogen (secondary N) is 1. The van der Waals surface area contributed by atoms with Crippen molar-refractivity contribution >= 4 is 38.8 Å². The Bertz CT molecular complexity index is 1450. The number of aliphatic hydroxyl groups excluding tert-OH is 2. The summed E-state index contributed by atoms with van der Waals surface area (Å²) in [7, 11) is -4.65. The zero-order valence-corrected chi connectivity index (χ0v) is 23.4. The number of sulfone groups is 1. The van der Waals surface area contributed by atoms with Crippen LogP contribution < -0.4 is 5.32 Å². The van der Waals surface area contributed by atoms with Gasteiger partial charge in [-0.05, 0) is 69.1 Å². The van der Waals surface area contributed by atoms with Gasteiger partial charge in [0, 0.05) is 29.8 Å². The highest BCUT2D eigenvalue weighted by Gasteiger charge is 2.61. The van der Waals surface area contributed by atoms with Crippen LogP contribution in [0.5, 0.6) is 0 Å². The number of fused-ring (bicyclic) bond motifs is 2. The number of rotatable bonds is 9. The summed E-state index contributed by atoms with van der Waals surface area (Å²) in [5, 5.41) is 44.0. The zero-order valence-electron chi connectivity index (χ0n) is 21.8. The minimum Gasteiger partial charge on any atom is -0.390 e. The second-order valence-electron chi connectivity index (χ2n) is 10.8. The summed E-state index contributed by atoms with van der Waals surface area (Å²) in [6.45, 7) is 1.25. The largest absolute Gasteiger partial charge is 0.390 e. The van der Waals surface area contributed by atoms with Gasteiger partial charge in [0.05, 0.1) is 21.6 Å². The third-order valence-corrected chi connectivity index (χ3v) is 10.9. The predicted octanol–water partition coefficient (Wildman–Crippen LogP) is 3.11.